The van der Waals surface area contributed by atoms with Crippen molar-refractivity contribution in [3.8, 4) is 0 Å². The number of nitrogens with one attached hydrogen (secondary N) is 1. The van der Waals surface area contributed by atoms with E-state index in [-0.39, 0.29) is 5.91 Å². The number of hydrogen-bond acceptors (Lipinski definition) is 4. The van der Waals surface area contributed by atoms with Crippen LogP contribution in [0.4, 0.5) is 5.69 Å². The minimum atomic E-state index is 0.0489. The molecule has 0 aliphatic carbocycles. The highest BCUT2D eigenvalue weighted by molar-refractivity contribution is 7.08. The zero-order valence-corrected chi connectivity index (χ0v) is 12.7. The van der Waals surface area contributed by atoms with Gasteiger partial charge in [-0.05, 0) is 42.3 Å². The van der Waals surface area contributed by atoms with Gasteiger partial charge in [-0.3, -0.25) is 9.78 Å². The Bertz CT molecular complexity index is 562. The highest BCUT2D eigenvalue weighted by Gasteiger charge is 2.20. The first-order chi connectivity index (χ1) is 10.3. The number of carbonyl (C=O) groups excluding carboxylic acids is 1. The van der Waals surface area contributed by atoms with E-state index in [0.717, 1.165) is 38.0 Å². The summed E-state index contributed by atoms with van der Waals surface area (Å²) in [5.41, 5.74) is 2.01. The van der Waals surface area contributed by atoms with E-state index in [1.54, 1.807) is 11.3 Å². The highest BCUT2D eigenvalue weighted by atomic mass is 32.1. The van der Waals surface area contributed by atoms with E-state index in [9.17, 15) is 4.79 Å². The van der Waals surface area contributed by atoms with Crippen molar-refractivity contribution in [1.82, 2.24) is 10.3 Å². The second kappa shape index (κ2) is 6.72. The van der Waals surface area contributed by atoms with Gasteiger partial charge in [-0.25, -0.2) is 0 Å². The summed E-state index contributed by atoms with van der Waals surface area (Å²) in [6.07, 6.45) is 5.91. The Morgan fingerprint density at radius 2 is 2.05 bits per heavy atom. The van der Waals surface area contributed by atoms with Gasteiger partial charge in [0.05, 0.1) is 0 Å². The van der Waals surface area contributed by atoms with Gasteiger partial charge in [-0.1, -0.05) is 0 Å². The largest absolute Gasteiger partial charge is 0.371 e. The molecule has 1 amide bonds. The quantitative estimate of drug-likeness (QED) is 0.944. The maximum atomic E-state index is 11.9. The van der Waals surface area contributed by atoms with E-state index < -0.39 is 0 Å². The van der Waals surface area contributed by atoms with Crippen LogP contribution in [0, 0.1) is 5.92 Å². The third-order valence-electron chi connectivity index (χ3n) is 3.98. The monoisotopic (exact) mass is 301 g/mol. The smallest absolute Gasteiger partial charge is 0.252 e. The van der Waals surface area contributed by atoms with Gasteiger partial charge in [0, 0.05) is 48.7 Å². The Morgan fingerprint density at radius 1 is 1.29 bits per heavy atom. The van der Waals surface area contributed by atoms with Crippen LogP contribution < -0.4 is 10.2 Å². The Balaban J connectivity index is 1.45. The van der Waals surface area contributed by atoms with Crippen molar-refractivity contribution in [3.05, 3.63) is 46.9 Å². The molecule has 1 N–H and O–H groups in total. The topological polar surface area (TPSA) is 45.2 Å². The van der Waals surface area contributed by atoms with Crippen LogP contribution in [0.3, 0.4) is 0 Å². The summed E-state index contributed by atoms with van der Waals surface area (Å²) in [7, 11) is 0. The number of pyridine rings is 1. The molecule has 0 bridgehead atoms. The standard InChI is InChI=1S/C16H19N3OS/c20-16(14-5-10-21-12-14)18-11-13-3-8-19(9-4-13)15-1-6-17-7-2-15/h1-2,5-7,10,12-13H,3-4,8-9,11H2,(H,18,20). The van der Waals surface area contributed by atoms with Crippen LogP contribution in [0.15, 0.2) is 41.4 Å². The molecule has 21 heavy (non-hydrogen) atoms. The van der Waals surface area contributed by atoms with Gasteiger partial charge in [0.15, 0.2) is 0 Å². The molecule has 110 valence electrons. The molecule has 0 spiro atoms. The molecule has 1 aliphatic rings. The van der Waals surface area contributed by atoms with Crippen molar-refractivity contribution in [2.24, 2.45) is 5.92 Å². The van der Waals surface area contributed by atoms with Crippen molar-refractivity contribution in [1.29, 1.82) is 0 Å². The second-order valence-electron chi connectivity index (χ2n) is 5.36. The number of thiophene rings is 1. The summed E-state index contributed by atoms with van der Waals surface area (Å²) in [6, 6.07) is 5.98. The van der Waals surface area contributed by atoms with Crippen molar-refractivity contribution < 1.29 is 4.79 Å². The van der Waals surface area contributed by atoms with Crippen molar-refractivity contribution in [3.63, 3.8) is 0 Å². The fraction of sp³-hybridized carbons (Fsp3) is 0.375. The van der Waals surface area contributed by atoms with Crippen LogP contribution in [0.1, 0.15) is 23.2 Å². The highest BCUT2D eigenvalue weighted by Crippen LogP contribution is 2.22. The predicted molar refractivity (Wildman–Crippen MR) is 85.8 cm³/mol. The van der Waals surface area contributed by atoms with Gasteiger partial charge in [-0.2, -0.15) is 11.3 Å². The number of nitrogens with zero attached hydrogens (tertiary/aromatic N) is 2. The lowest BCUT2D eigenvalue weighted by molar-refractivity contribution is 0.0945. The zero-order valence-electron chi connectivity index (χ0n) is 11.9. The maximum Gasteiger partial charge on any atom is 0.252 e. The van der Waals surface area contributed by atoms with Crippen LogP contribution in [0.5, 0.6) is 0 Å². The lowest BCUT2D eigenvalue weighted by Gasteiger charge is -2.33. The Morgan fingerprint density at radius 3 is 2.71 bits per heavy atom. The molecule has 1 fully saturated rings. The molecule has 0 saturated carbocycles. The molecule has 3 heterocycles. The summed E-state index contributed by atoms with van der Waals surface area (Å²) in [5.74, 6) is 0.624. The first-order valence-corrected chi connectivity index (χ1v) is 8.22. The van der Waals surface area contributed by atoms with E-state index in [4.69, 9.17) is 0 Å². The second-order valence-corrected chi connectivity index (χ2v) is 6.14. The summed E-state index contributed by atoms with van der Waals surface area (Å²) < 4.78 is 0. The molecule has 2 aromatic heterocycles. The fourth-order valence-electron chi connectivity index (χ4n) is 2.68. The third-order valence-corrected chi connectivity index (χ3v) is 4.66. The Kier molecular flexibility index (Phi) is 4.50. The molecular weight excluding hydrogens is 282 g/mol. The number of amides is 1. The normalized spacial score (nSPS) is 15.9. The Hall–Kier alpha value is -1.88. The van der Waals surface area contributed by atoms with E-state index in [2.05, 4.69) is 27.3 Å². The molecule has 0 atom stereocenters. The van der Waals surface area contributed by atoms with Gasteiger partial charge in [0.2, 0.25) is 0 Å². The summed E-state index contributed by atoms with van der Waals surface area (Å²) in [5, 5.41) is 6.87. The average molecular weight is 301 g/mol. The SMILES string of the molecule is O=C(NCC1CCN(c2ccncc2)CC1)c1ccsc1. The molecule has 1 saturated heterocycles. The minimum Gasteiger partial charge on any atom is -0.371 e. The van der Waals surface area contributed by atoms with Crippen LogP contribution in [-0.2, 0) is 0 Å². The van der Waals surface area contributed by atoms with Gasteiger partial charge in [0.1, 0.15) is 0 Å². The molecule has 3 rings (SSSR count). The molecule has 0 unspecified atom stereocenters. The van der Waals surface area contributed by atoms with Gasteiger partial charge in [-0.15, -0.1) is 0 Å². The molecular formula is C16H19N3OS. The van der Waals surface area contributed by atoms with Gasteiger partial charge >= 0.3 is 0 Å². The number of rotatable bonds is 4. The summed E-state index contributed by atoms with van der Waals surface area (Å²) in [6.45, 7) is 2.87. The van der Waals surface area contributed by atoms with E-state index >= 15 is 0 Å². The van der Waals surface area contributed by atoms with E-state index in [1.807, 2.05) is 29.2 Å². The van der Waals surface area contributed by atoms with Gasteiger partial charge < -0.3 is 10.2 Å². The van der Waals surface area contributed by atoms with Crippen LogP contribution in [-0.4, -0.2) is 30.5 Å². The van der Waals surface area contributed by atoms with Crippen LogP contribution in [0.2, 0.25) is 0 Å². The lowest BCUT2D eigenvalue weighted by atomic mass is 9.96. The molecule has 0 aromatic carbocycles. The predicted octanol–water partition coefficient (Wildman–Crippen LogP) is 2.79. The summed E-state index contributed by atoms with van der Waals surface area (Å²) >= 11 is 1.55. The van der Waals surface area contributed by atoms with Crippen LogP contribution in [0.25, 0.3) is 0 Å². The van der Waals surface area contributed by atoms with Crippen molar-refractivity contribution in [2.75, 3.05) is 24.5 Å². The van der Waals surface area contributed by atoms with Crippen LogP contribution >= 0.6 is 11.3 Å². The molecule has 0 radical (unpaired) electrons. The number of anilines is 1. The number of piperidine rings is 1. The molecule has 5 heteroatoms. The number of hydrogen-bond donors (Lipinski definition) is 1. The first-order valence-electron chi connectivity index (χ1n) is 7.28. The molecule has 4 nitrogen and oxygen atoms in total. The summed E-state index contributed by atoms with van der Waals surface area (Å²) in [4.78, 5) is 18.4. The zero-order chi connectivity index (χ0) is 14.5. The van der Waals surface area contributed by atoms with E-state index in [1.165, 1.54) is 5.69 Å². The van der Waals surface area contributed by atoms with Crippen molar-refractivity contribution >= 4 is 22.9 Å². The molecule has 1 aliphatic heterocycles. The number of carbonyl (C=O) groups is 1. The number of aromatic nitrogens is 1. The fourth-order valence-corrected chi connectivity index (χ4v) is 3.32. The minimum absolute atomic E-state index is 0.0489. The lowest BCUT2D eigenvalue weighted by Crippen LogP contribution is -2.38. The molecule has 2 aromatic rings. The maximum absolute atomic E-state index is 11.9. The van der Waals surface area contributed by atoms with E-state index in [0.29, 0.717) is 5.92 Å². The van der Waals surface area contributed by atoms with Gasteiger partial charge in [0.25, 0.3) is 5.91 Å². The Labute approximate surface area is 128 Å². The third kappa shape index (κ3) is 3.61. The van der Waals surface area contributed by atoms with Crippen molar-refractivity contribution in [2.45, 2.75) is 12.8 Å². The first kappa shape index (κ1) is 14.1. The average Bonchev–Trinajstić information content (AvgIpc) is 3.08.